The van der Waals surface area contributed by atoms with Crippen LogP contribution in [-0.2, 0) is 11.8 Å². The lowest BCUT2D eigenvalue weighted by molar-refractivity contribution is 0.562. The highest BCUT2D eigenvalue weighted by Gasteiger charge is 1.99. The van der Waals surface area contributed by atoms with Crippen LogP contribution in [0.2, 0.25) is 0 Å². The van der Waals surface area contributed by atoms with Crippen LogP contribution in [0.4, 0.5) is 0 Å². The molecule has 1 radical (unpaired) electrons. The van der Waals surface area contributed by atoms with Crippen LogP contribution in [0.1, 0.15) is 11.3 Å². The molecule has 3 nitrogen and oxygen atoms in total. The zero-order chi connectivity index (χ0) is 6.85. The van der Waals surface area contributed by atoms with Gasteiger partial charge in [-0.1, -0.05) is 0 Å². The SMILES string of the molecule is Cc1nn(C)cc1[C]=O. The van der Waals surface area contributed by atoms with Crippen molar-refractivity contribution in [2.75, 3.05) is 0 Å². The standard InChI is InChI=1S/C6H7N2O/c1-5-6(4-9)3-8(2)7-5/h3H,1-2H3. The van der Waals surface area contributed by atoms with E-state index in [1.165, 1.54) is 0 Å². The summed E-state index contributed by atoms with van der Waals surface area (Å²) in [4.78, 5) is 10.1. The van der Waals surface area contributed by atoms with Gasteiger partial charge in [0.05, 0.1) is 11.3 Å². The molecule has 0 aliphatic heterocycles. The van der Waals surface area contributed by atoms with Gasteiger partial charge in [-0.15, -0.1) is 0 Å². The number of hydrogen-bond donors (Lipinski definition) is 0. The van der Waals surface area contributed by atoms with Gasteiger partial charge in [0, 0.05) is 13.2 Å². The smallest absolute Gasteiger partial charge is 0.237 e. The van der Waals surface area contributed by atoms with Gasteiger partial charge in [0.1, 0.15) is 0 Å². The lowest BCUT2D eigenvalue weighted by atomic mass is 10.3. The van der Waals surface area contributed by atoms with Crippen LogP contribution in [0.25, 0.3) is 0 Å². The minimum absolute atomic E-state index is 0.539. The average molecular weight is 123 g/mol. The predicted molar refractivity (Wildman–Crippen MR) is 32.7 cm³/mol. The first kappa shape index (κ1) is 6.01. The molecule has 0 N–H and O–H groups in total. The second-order valence-electron chi connectivity index (χ2n) is 1.90. The van der Waals surface area contributed by atoms with Crippen LogP contribution in [0.15, 0.2) is 6.20 Å². The topological polar surface area (TPSA) is 34.9 Å². The lowest BCUT2D eigenvalue weighted by Crippen LogP contribution is -1.86. The van der Waals surface area contributed by atoms with Crippen molar-refractivity contribution in [3.63, 3.8) is 0 Å². The number of rotatable bonds is 1. The first-order valence-electron chi connectivity index (χ1n) is 2.62. The van der Waals surface area contributed by atoms with Gasteiger partial charge in [0.2, 0.25) is 6.29 Å². The molecule has 0 unspecified atom stereocenters. The molecule has 9 heavy (non-hydrogen) atoms. The minimum Gasteiger partial charge on any atom is -0.285 e. The Morgan fingerprint density at radius 3 is 2.67 bits per heavy atom. The van der Waals surface area contributed by atoms with Crippen molar-refractivity contribution in [1.29, 1.82) is 0 Å². The fourth-order valence-corrected chi connectivity index (χ4v) is 0.700. The summed E-state index contributed by atoms with van der Waals surface area (Å²) in [6.45, 7) is 1.78. The third-order valence-corrected chi connectivity index (χ3v) is 1.12. The highest BCUT2D eigenvalue weighted by atomic mass is 16.1. The Kier molecular flexibility index (Phi) is 1.34. The molecule has 0 bridgehead atoms. The zero-order valence-corrected chi connectivity index (χ0v) is 5.38. The molecule has 0 aromatic carbocycles. The van der Waals surface area contributed by atoms with Crippen LogP contribution in [-0.4, -0.2) is 16.1 Å². The summed E-state index contributed by atoms with van der Waals surface area (Å²) in [5.74, 6) is 0. The zero-order valence-electron chi connectivity index (χ0n) is 5.38. The van der Waals surface area contributed by atoms with Gasteiger partial charge in [-0.3, -0.25) is 9.48 Å². The fourth-order valence-electron chi connectivity index (χ4n) is 0.700. The van der Waals surface area contributed by atoms with Crippen LogP contribution < -0.4 is 0 Å². The monoisotopic (exact) mass is 123 g/mol. The Balaban J connectivity index is 3.15. The number of nitrogens with zero attached hydrogens (tertiary/aromatic N) is 2. The van der Waals surface area contributed by atoms with Crippen molar-refractivity contribution in [3.8, 4) is 0 Å². The number of aromatic nitrogens is 2. The first-order valence-corrected chi connectivity index (χ1v) is 2.62. The molecule has 1 heterocycles. The van der Waals surface area contributed by atoms with Gasteiger partial charge in [0.25, 0.3) is 0 Å². The predicted octanol–water partition coefficient (Wildman–Crippen LogP) is 0.186. The van der Waals surface area contributed by atoms with Crippen LogP contribution in [0.3, 0.4) is 0 Å². The van der Waals surface area contributed by atoms with E-state index in [1.807, 2.05) is 0 Å². The summed E-state index contributed by atoms with van der Waals surface area (Å²) in [5, 5.41) is 3.94. The first-order chi connectivity index (χ1) is 4.24. The molecule has 0 fully saturated rings. The van der Waals surface area contributed by atoms with Gasteiger partial charge >= 0.3 is 0 Å². The molecular weight excluding hydrogens is 116 g/mol. The van der Waals surface area contributed by atoms with E-state index in [0.29, 0.717) is 5.56 Å². The average Bonchev–Trinajstić information content (AvgIpc) is 2.10. The maximum atomic E-state index is 10.1. The fraction of sp³-hybridized carbons (Fsp3) is 0.333. The van der Waals surface area contributed by atoms with Gasteiger partial charge in [-0.25, -0.2) is 0 Å². The molecule has 0 amide bonds. The van der Waals surface area contributed by atoms with Crippen LogP contribution >= 0.6 is 0 Å². The number of aryl methyl sites for hydroxylation is 2. The summed E-state index contributed by atoms with van der Waals surface area (Å²) in [5.41, 5.74) is 1.27. The quantitative estimate of drug-likeness (QED) is 0.534. The van der Waals surface area contributed by atoms with Crippen molar-refractivity contribution in [3.05, 3.63) is 17.5 Å². The molecule has 0 aliphatic rings. The summed E-state index contributed by atoms with van der Waals surface area (Å²) < 4.78 is 1.59. The normalized spacial score (nSPS) is 9.56. The molecule has 1 aromatic heterocycles. The molecule has 3 heteroatoms. The van der Waals surface area contributed by atoms with Crippen molar-refractivity contribution >= 4 is 6.29 Å². The molecular formula is C6H7N2O. The molecule has 0 spiro atoms. The highest BCUT2D eigenvalue weighted by Crippen LogP contribution is 1.98. The molecule has 0 atom stereocenters. The summed E-state index contributed by atoms with van der Waals surface area (Å²) in [6, 6.07) is 0. The number of carbonyl (C=O) groups excluding carboxylic acids is 1. The van der Waals surface area contributed by atoms with Crippen molar-refractivity contribution in [2.24, 2.45) is 7.05 Å². The summed E-state index contributed by atoms with van der Waals surface area (Å²) in [6.07, 6.45) is 3.42. The van der Waals surface area contributed by atoms with E-state index in [1.54, 1.807) is 31.1 Å². The minimum atomic E-state index is 0.539. The lowest BCUT2D eigenvalue weighted by Gasteiger charge is -1.79. The van der Waals surface area contributed by atoms with Gasteiger partial charge < -0.3 is 0 Å². The third-order valence-electron chi connectivity index (χ3n) is 1.12. The van der Waals surface area contributed by atoms with E-state index in [0.717, 1.165) is 5.69 Å². The van der Waals surface area contributed by atoms with Crippen LogP contribution in [0, 0.1) is 6.92 Å². The van der Waals surface area contributed by atoms with E-state index in [2.05, 4.69) is 5.10 Å². The molecule has 0 aliphatic carbocycles. The van der Waals surface area contributed by atoms with E-state index in [-0.39, 0.29) is 0 Å². The molecule has 0 saturated heterocycles. The van der Waals surface area contributed by atoms with E-state index in [4.69, 9.17) is 0 Å². The Hall–Kier alpha value is -1.12. The van der Waals surface area contributed by atoms with Gasteiger partial charge in [-0.2, -0.15) is 5.10 Å². The van der Waals surface area contributed by atoms with Crippen LogP contribution in [0.5, 0.6) is 0 Å². The molecule has 1 rings (SSSR count). The van der Waals surface area contributed by atoms with Crippen molar-refractivity contribution in [2.45, 2.75) is 6.92 Å². The maximum absolute atomic E-state index is 10.1. The molecule has 47 valence electrons. The summed E-state index contributed by atoms with van der Waals surface area (Å²) in [7, 11) is 1.77. The highest BCUT2D eigenvalue weighted by molar-refractivity contribution is 5.76. The number of hydrogen-bond acceptors (Lipinski definition) is 2. The molecule has 0 saturated carbocycles. The van der Waals surface area contributed by atoms with E-state index < -0.39 is 0 Å². The second kappa shape index (κ2) is 2.01. The summed E-state index contributed by atoms with van der Waals surface area (Å²) >= 11 is 0. The van der Waals surface area contributed by atoms with E-state index >= 15 is 0 Å². The van der Waals surface area contributed by atoms with Crippen molar-refractivity contribution in [1.82, 2.24) is 9.78 Å². The third kappa shape index (κ3) is 0.988. The van der Waals surface area contributed by atoms with Gasteiger partial charge in [-0.05, 0) is 6.92 Å². The Bertz CT molecular complexity index is 227. The largest absolute Gasteiger partial charge is 0.285 e. The Labute approximate surface area is 53.3 Å². The maximum Gasteiger partial charge on any atom is 0.237 e. The molecule has 1 aromatic rings. The van der Waals surface area contributed by atoms with Crippen molar-refractivity contribution < 1.29 is 4.79 Å². The van der Waals surface area contributed by atoms with E-state index in [9.17, 15) is 4.79 Å². The Morgan fingerprint density at radius 2 is 2.44 bits per heavy atom. The second-order valence-corrected chi connectivity index (χ2v) is 1.90. The van der Waals surface area contributed by atoms with Gasteiger partial charge in [0.15, 0.2) is 0 Å². The Morgan fingerprint density at radius 1 is 1.78 bits per heavy atom.